The lowest BCUT2D eigenvalue weighted by Gasteiger charge is -2.19. The lowest BCUT2D eigenvalue weighted by atomic mass is 9.86. The normalized spacial score (nSPS) is 12.6. The summed E-state index contributed by atoms with van der Waals surface area (Å²) in [7, 11) is 0. The van der Waals surface area contributed by atoms with Gasteiger partial charge in [-0.25, -0.2) is 0 Å². The molecule has 1 atom stereocenters. The molecule has 0 amide bonds. The molecule has 2 aromatic rings. The van der Waals surface area contributed by atoms with Crippen molar-refractivity contribution in [1.82, 2.24) is 0 Å². The molecule has 0 aromatic heterocycles. The summed E-state index contributed by atoms with van der Waals surface area (Å²) in [4.78, 5) is 0. The largest absolute Gasteiger partial charge is 0.0654 e. The number of fused-ring (bicyclic) bond motifs is 1. The maximum atomic E-state index is 2.36. The molecule has 0 spiro atoms. The highest BCUT2D eigenvalue weighted by molar-refractivity contribution is 5.86. The molecule has 0 fully saturated rings. The number of hydrogen-bond donors (Lipinski definition) is 0. The Kier molecular flexibility index (Phi) is 7.49. The predicted octanol–water partition coefficient (Wildman–Crippen LogP) is 7.47. The fraction of sp³-hybridized carbons (Fsp3) is 0.545. The molecule has 0 saturated heterocycles. The average molecular weight is 296 g/mol. The first kappa shape index (κ1) is 17.1. The molecule has 0 aliphatic carbocycles. The van der Waals surface area contributed by atoms with E-state index in [1.165, 1.54) is 68.6 Å². The lowest BCUT2D eigenvalue weighted by molar-refractivity contribution is 0.514. The number of hydrogen-bond acceptors (Lipinski definition) is 0. The van der Waals surface area contributed by atoms with E-state index in [9.17, 15) is 0 Å². The molecule has 0 N–H and O–H groups in total. The van der Waals surface area contributed by atoms with Crippen molar-refractivity contribution in [3.05, 3.63) is 48.0 Å². The van der Waals surface area contributed by atoms with Crippen LogP contribution < -0.4 is 0 Å². The Labute approximate surface area is 136 Å². The molecular weight excluding hydrogens is 264 g/mol. The summed E-state index contributed by atoms with van der Waals surface area (Å²) in [6.07, 6.45) is 12.3. The zero-order chi connectivity index (χ0) is 15.6. The highest BCUT2D eigenvalue weighted by Crippen LogP contribution is 2.32. The molecule has 0 heterocycles. The smallest absolute Gasteiger partial charge is 0.0149 e. The van der Waals surface area contributed by atoms with Crippen molar-refractivity contribution in [2.75, 3.05) is 0 Å². The molecular formula is C22H32. The van der Waals surface area contributed by atoms with E-state index < -0.39 is 0 Å². The summed E-state index contributed by atoms with van der Waals surface area (Å²) in [5.41, 5.74) is 1.58. The fourth-order valence-corrected chi connectivity index (χ4v) is 3.58. The van der Waals surface area contributed by atoms with Crippen LogP contribution in [0.15, 0.2) is 42.5 Å². The first-order valence-corrected chi connectivity index (χ1v) is 9.34. The quantitative estimate of drug-likeness (QED) is 0.399. The second kappa shape index (κ2) is 9.66. The second-order valence-electron chi connectivity index (χ2n) is 6.61. The van der Waals surface area contributed by atoms with Gasteiger partial charge in [-0.1, -0.05) is 101 Å². The summed E-state index contributed by atoms with van der Waals surface area (Å²) < 4.78 is 0. The van der Waals surface area contributed by atoms with E-state index in [-0.39, 0.29) is 0 Å². The standard InChI is InChI=1S/C22H32/c1-3-5-6-7-8-9-14-19(13-4-2)22-18-12-16-20-15-10-11-17-21(20)22/h10-12,15-19H,3-9,13-14H2,1-2H3. The fourth-order valence-electron chi connectivity index (χ4n) is 3.58. The van der Waals surface area contributed by atoms with Gasteiger partial charge in [0.15, 0.2) is 0 Å². The molecule has 2 aromatic carbocycles. The van der Waals surface area contributed by atoms with Crippen LogP contribution in [-0.2, 0) is 0 Å². The van der Waals surface area contributed by atoms with Crippen LogP contribution >= 0.6 is 0 Å². The second-order valence-corrected chi connectivity index (χ2v) is 6.61. The Bertz CT molecular complexity index is 535. The molecule has 0 aliphatic rings. The van der Waals surface area contributed by atoms with Crippen molar-refractivity contribution in [2.24, 2.45) is 0 Å². The van der Waals surface area contributed by atoms with Gasteiger partial charge in [-0.15, -0.1) is 0 Å². The molecule has 0 heteroatoms. The van der Waals surface area contributed by atoms with Gasteiger partial charge in [0.05, 0.1) is 0 Å². The molecule has 1 unspecified atom stereocenters. The van der Waals surface area contributed by atoms with Crippen molar-refractivity contribution < 1.29 is 0 Å². The van der Waals surface area contributed by atoms with Crippen molar-refractivity contribution in [3.63, 3.8) is 0 Å². The van der Waals surface area contributed by atoms with E-state index in [4.69, 9.17) is 0 Å². The summed E-state index contributed by atoms with van der Waals surface area (Å²) in [5, 5.41) is 2.86. The summed E-state index contributed by atoms with van der Waals surface area (Å²) >= 11 is 0. The van der Waals surface area contributed by atoms with Crippen molar-refractivity contribution in [1.29, 1.82) is 0 Å². The van der Waals surface area contributed by atoms with Crippen LogP contribution in [0, 0.1) is 0 Å². The van der Waals surface area contributed by atoms with E-state index in [0.29, 0.717) is 0 Å². The predicted molar refractivity (Wildman–Crippen MR) is 99.6 cm³/mol. The molecule has 22 heavy (non-hydrogen) atoms. The minimum absolute atomic E-state index is 0.738. The zero-order valence-electron chi connectivity index (χ0n) is 14.5. The molecule has 0 radical (unpaired) electrons. The monoisotopic (exact) mass is 296 g/mol. The van der Waals surface area contributed by atoms with Gasteiger partial charge in [-0.2, -0.15) is 0 Å². The number of rotatable bonds is 10. The van der Waals surface area contributed by atoms with Crippen molar-refractivity contribution >= 4 is 10.8 Å². The maximum Gasteiger partial charge on any atom is -0.0149 e. The van der Waals surface area contributed by atoms with Gasteiger partial charge in [0.2, 0.25) is 0 Å². The van der Waals surface area contributed by atoms with E-state index in [1.54, 1.807) is 5.56 Å². The highest BCUT2D eigenvalue weighted by Gasteiger charge is 2.13. The minimum Gasteiger partial charge on any atom is -0.0654 e. The van der Waals surface area contributed by atoms with Crippen LogP contribution in [0.25, 0.3) is 10.8 Å². The van der Waals surface area contributed by atoms with Crippen LogP contribution in [0.2, 0.25) is 0 Å². The lowest BCUT2D eigenvalue weighted by Crippen LogP contribution is -2.00. The van der Waals surface area contributed by atoms with E-state index in [2.05, 4.69) is 56.3 Å². The highest BCUT2D eigenvalue weighted by atomic mass is 14.2. The SMILES string of the molecule is CCCCCCCCC(CCC)c1cccc2ccccc12. The molecule has 0 aliphatic heterocycles. The van der Waals surface area contributed by atoms with Crippen LogP contribution in [0.3, 0.4) is 0 Å². The van der Waals surface area contributed by atoms with Gasteiger partial charge in [0, 0.05) is 0 Å². The molecule has 0 saturated carbocycles. The van der Waals surface area contributed by atoms with E-state index in [1.807, 2.05) is 0 Å². The average Bonchev–Trinajstić information content (AvgIpc) is 2.56. The topological polar surface area (TPSA) is 0 Å². The van der Waals surface area contributed by atoms with Crippen LogP contribution in [-0.4, -0.2) is 0 Å². The molecule has 120 valence electrons. The van der Waals surface area contributed by atoms with Crippen molar-refractivity contribution in [2.45, 2.75) is 77.6 Å². The van der Waals surface area contributed by atoms with Gasteiger partial charge in [0.1, 0.15) is 0 Å². The van der Waals surface area contributed by atoms with Gasteiger partial charge < -0.3 is 0 Å². The van der Waals surface area contributed by atoms with Crippen LogP contribution in [0.5, 0.6) is 0 Å². The Hall–Kier alpha value is -1.30. The van der Waals surface area contributed by atoms with Gasteiger partial charge in [0.25, 0.3) is 0 Å². The molecule has 0 nitrogen and oxygen atoms in total. The maximum absolute atomic E-state index is 2.36. The Morgan fingerprint density at radius 3 is 2.23 bits per heavy atom. The number of unbranched alkanes of at least 4 members (excludes halogenated alkanes) is 5. The Balaban J connectivity index is 2.00. The third kappa shape index (κ3) is 4.87. The third-order valence-corrected chi connectivity index (χ3v) is 4.81. The third-order valence-electron chi connectivity index (χ3n) is 4.81. The van der Waals surface area contributed by atoms with Gasteiger partial charge >= 0.3 is 0 Å². The van der Waals surface area contributed by atoms with E-state index >= 15 is 0 Å². The van der Waals surface area contributed by atoms with Crippen LogP contribution in [0.4, 0.5) is 0 Å². The molecule has 2 rings (SSSR count). The summed E-state index contributed by atoms with van der Waals surface area (Å²) in [6, 6.07) is 15.7. The van der Waals surface area contributed by atoms with Crippen LogP contribution in [0.1, 0.15) is 83.1 Å². The summed E-state index contributed by atoms with van der Waals surface area (Å²) in [5.74, 6) is 0.738. The molecule has 0 bridgehead atoms. The van der Waals surface area contributed by atoms with E-state index in [0.717, 1.165) is 5.92 Å². The minimum atomic E-state index is 0.738. The van der Waals surface area contributed by atoms with Gasteiger partial charge in [-0.05, 0) is 35.1 Å². The van der Waals surface area contributed by atoms with Crippen molar-refractivity contribution in [3.8, 4) is 0 Å². The zero-order valence-corrected chi connectivity index (χ0v) is 14.5. The van der Waals surface area contributed by atoms with Gasteiger partial charge in [-0.3, -0.25) is 0 Å². The number of benzene rings is 2. The first-order chi connectivity index (χ1) is 10.9. The summed E-state index contributed by atoms with van der Waals surface area (Å²) in [6.45, 7) is 4.61. The Morgan fingerprint density at radius 2 is 1.41 bits per heavy atom. The first-order valence-electron chi connectivity index (χ1n) is 9.34. The Morgan fingerprint density at radius 1 is 0.682 bits per heavy atom.